The molecule has 0 spiro atoms. The highest BCUT2D eigenvalue weighted by Crippen LogP contribution is 2.48. The topological polar surface area (TPSA) is 52.6 Å². The summed E-state index contributed by atoms with van der Waals surface area (Å²) < 4.78 is 10.9. The molecule has 1 fully saturated rings. The normalized spacial score (nSPS) is 15.9. The summed E-state index contributed by atoms with van der Waals surface area (Å²) in [7, 11) is 0. The minimum Gasteiger partial charge on any atom is -0.465 e. The fourth-order valence-corrected chi connectivity index (χ4v) is 2.00. The van der Waals surface area contributed by atoms with Crippen LogP contribution in [0.2, 0.25) is 0 Å². The third-order valence-electron chi connectivity index (χ3n) is 2.81. The zero-order chi connectivity index (χ0) is 13.2. The molecule has 0 saturated heterocycles. The Labute approximate surface area is 113 Å². The monoisotopic (exact) mass is 312 g/mol. The predicted octanol–water partition coefficient (Wildman–Crippen LogP) is 2.70. The fourth-order valence-electron chi connectivity index (χ4n) is 1.62. The van der Waals surface area contributed by atoms with Crippen LogP contribution in [0.25, 0.3) is 0 Å². The molecule has 0 heterocycles. The number of hydrogen-bond acceptors (Lipinski definition) is 4. The van der Waals surface area contributed by atoms with Gasteiger partial charge in [-0.1, -0.05) is 22.0 Å². The number of rotatable bonds is 4. The van der Waals surface area contributed by atoms with E-state index < -0.39 is 17.4 Å². The lowest BCUT2D eigenvalue weighted by Gasteiger charge is -2.12. The lowest BCUT2D eigenvalue weighted by molar-refractivity contribution is -0.159. The Kier molecular flexibility index (Phi) is 3.71. The molecule has 4 nitrogen and oxygen atoms in total. The first-order valence-corrected chi connectivity index (χ1v) is 6.53. The van der Waals surface area contributed by atoms with E-state index in [1.807, 2.05) is 6.07 Å². The summed E-state index contributed by atoms with van der Waals surface area (Å²) in [5.74, 6) is -0.589. The standard InChI is InChI=1S/C13H13BrO4/c1-2-17-11(15)13(6-7-13)12(16)18-10-5-3-4-9(14)8-10/h3-5,8H,2,6-7H2,1H3. The number of hydrogen-bond donors (Lipinski definition) is 0. The third kappa shape index (κ3) is 2.56. The van der Waals surface area contributed by atoms with Gasteiger partial charge in [0.2, 0.25) is 0 Å². The molecule has 1 aromatic rings. The van der Waals surface area contributed by atoms with Gasteiger partial charge in [0.05, 0.1) is 6.61 Å². The highest BCUT2D eigenvalue weighted by molar-refractivity contribution is 9.10. The first kappa shape index (κ1) is 13.1. The van der Waals surface area contributed by atoms with E-state index >= 15 is 0 Å². The zero-order valence-electron chi connectivity index (χ0n) is 9.94. The van der Waals surface area contributed by atoms with Gasteiger partial charge in [0.1, 0.15) is 5.75 Å². The summed E-state index contributed by atoms with van der Waals surface area (Å²) in [4.78, 5) is 23.7. The predicted molar refractivity (Wildman–Crippen MR) is 68.1 cm³/mol. The molecular weight excluding hydrogens is 300 g/mol. The second-order valence-corrected chi connectivity index (χ2v) is 5.07. The van der Waals surface area contributed by atoms with Crippen molar-refractivity contribution in [3.8, 4) is 5.75 Å². The molecule has 2 rings (SSSR count). The summed E-state index contributed by atoms with van der Waals surface area (Å²) in [5, 5.41) is 0. The molecular formula is C13H13BrO4. The van der Waals surface area contributed by atoms with Crippen LogP contribution >= 0.6 is 15.9 Å². The molecule has 1 aliphatic rings. The number of benzene rings is 1. The largest absolute Gasteiger partial charge is 0.465 e. The summed E-state index contributed by atoms with van der Waals surface area (Å²) in [6.45, 7) is 1.98. The molecule has 0 aliphatic heterocycles. The van der Waals surface area contributed by atoms with E-state index in [4.69, 9.17) is 9.47 Å². The number of halogens is 1. The summed E-state index contributed by atoms with van der Waals surface area (Å²) >= 11 is 3.29. The van der Waals surface area contributed by atoms with Gasteiger partial charge < -0.3 is 9.47 Å². The highest BCUT2D eigenvalue weighted by atomic mass is 79.9. The van der Waals surface area contributed by atoms with E-state index in [1.165, 1.54) is 0 Å². The molecule has 0 aromatic heterocycles. The molecule has 1 aliphatic carbocycles. The van der Waals surface area contributed by atoms with Crippen molar-refractivity contribution in [2.45, 2.75) is 19.8 Å². The van der Waals surface area contributed by atoms with E-state index in [1.54, 1.807) is 25.1 Å². The van der Waals surface area contributed by atoms with Crippen LogP contribution in [0.3, 0.4) is 0 Å². The molecule has 0 atom stereocenters. The van der Waals surface area contributed by atoms with Crippen molar-refractivity contribution in [2.75, 3.05) is 6.61 Å². The SMILES string of the molecule is CCOC(=O)C1(C(=O)Oc2cccc(Br)c2)CC1. The summed E-state index contributed by atoms with van der Waals surface area (Å²) in [6, 6.07) is 6.94. The van der Waals surface area contributed by atoms with Crippen LogP contribution in [0, 0.1) is 5.41 Å². The molecule has 0 radical (unpaired) electrons. The highest BCUT2D eigenvalue weighted by Gasteiger charge is 2.59. The molecule has 0 bridgehead atoms. The molecule has 0 N–H and O–H groups in total. The Morgan fingerprint density at radius 3 is 2.61 bits per heavy atom. The van der Waals surface area contributed by atoms with Crippen LogP contribution in [0.4, 0.5) is 0 Å². The van der Waals surface area contributed by atoms with Crippen molar-refractivity contribution < 1.29 is 19.1 Å². The Morgan fingerprint density at radius 2 is 2.06 bits per heavy atom. The fraction of sp³-hybridized carbons (Fsp3) is 0.385. The second kappa shape index (κ2) is 5.10. The number of ether oxygens (including phenoxy) is 2. The molecule has 0 unspecified atom stereocenters. The maximum atomic E-state index is 12.0. The van der Waals surface area contributed by atoms with Gasteiger partial charge in [-0.15, -0.1) is 0 Å². The van der Waals surface area contributed by atoms with Crippen molar-refractivity contribution in [1.29, 1.82) is 0 Å². The van der Waals surface area contributed by atoms with E-state index in [2.05, 4.69) is 15.9 Å². The van der Waals surface area contributed by atoms with Crippen LogP contribution in [0.5, 0.6) is 5.75 Å². The average Bonchev–Trinajstić information content (AvgIpc) is 3.10. The summed E-state index contributed by atoms with van der Waals surface area (Å²) in [5.41, 5.74) is -1.07. The number of carbonyl (C=O) groups excluding carboxylic acids is 2. The van der Waals surface area contributed by atoms with Crippen molar-refractivity contribution in [1.82, 2.24) is 0 Å². The van der Waals surface area contributed by atoms with E-state index in [0.29, 0.717) is 18.6 Å². The lowest BCUT2D eigenvalue weighted by Crippen LogP contribution is -2.31. The van der Waals surface area contributed by atoms with Crippen molar-refractivity contribution >= 4 is 27.9 Å². The van der Waals surface area contributed by atoms with E-state index in [-0.39, 0.29) is 6.61 Å². The minimum absolute atomic E-state index is 0.269. The lowest BCUT2D eigenvalue weighted by atomic mass is 10.1. The van der Waals surface area contributed by atoms with Crippen LogP contribution in [0.1, 0.15) is 19.8 Å². The van der Waals surface area contributed by atoms with Gasteiger partial charge in [0.15, 0.2) is 5.41 Å². The molecule has 0 amide bonds. The quantitative estimate of drug-likeness (QED) is 0.487. The van der Waals surface area contributed by atoms with Gasteiger partial charge in [-0.25, -0.2) is 0 Å². The Balaban J connectivity index is 2.06. The first-order valence-electron chi connectivity index (χ1n) is 5.73. The third-order valence-corrected chi connectivity index (χ3v) is 3.31. The van der Waals surface area contributed by atoms with Gasteiger partial charge in [-0.3, -0.25) is 9.59 Å². The molecule has 1 saturated carbocycles. The first-order chi connectivity index (χ1) is 8.58. The van der Waals surface area contributed by atoms with Crippen LogP contribution in [0.15, 0.2) is 28.7 Å². The number of esters is 2. The van der Waals surface area contributed by atoms with Crippen molar-refractivity contribution in [2.24, 2.45) is 5.41 Å². The second-order valence-electron chi connectivity index (χ2n) is 4.15. The minimum atomic E-state index is -1.07. The van der Waals surface area contributed by atoms with Crippen LogP contribution < -0.4 is 4.74 Å². The Hall–Kier alpha value is -1.36. The van der Waals surface area contributed by atoms with Gasteiger partial charge >= 0.3 is 11.9 Å². The van der Waals surface area contributed by atoms with Crippen molar-refractivity contribution in [3.63, 3.8) is 0 Å². The van der Waals surface area contributed by atoms with E-state index in [0.717, 1.165) is 4.47 Å². The maximum absolute atomic E-state index is 12.0. The smallest absolute Gasteiger partial charge is 0.328 e. The molecule has 5 heteroatoms. The molecule has 18 heavy (non-hydrogen) atoms. The molecule has 96 valence electrons. The maximum Gasteiger partial charge on any atom is 0.328 e. The van der Waals surface area contributed by atoms with Crippen LogP contribution in [-0.4, -0.2) is 18.5 Å². The summed E-state index contributed by atoms with van der Waals surface area (Å²) in [6.07, 6.45) is 0.997. The Bertz CT molecular complexity index is 480. The van der Waals surface area contributed by atoms with E-state index in [9.17, 15) is 9.59 Å². The van der Waals surface area contributed by atoms with Gasteiger partial charge in [-0.2, -0.15) is 0 Å². The average molecular weight is 313 g/mol. The van der Waals surface area contributed by atoms with Gasteiger partial charge in [0.25, 0.3) is 0 Å². The van der Waals surface area contributed by atoms with Gasteiger partial charge in [0, 0.05) is 4.47 Å². The van der Waals surface area contributed by atoms with Gasteiger partial charge in [-0.05, 0) is 38.0 Å². The Morgan fingerprint density at radius 1 is 1.33 bits per heavy atom. The van der Waals surface area contributed by atoms with Crippen molar-refractivity contribution in [3.05, 3.63) is 28.7 Å². The van der Waals surface area contributed by atoms with Crippen LogP contribution in [-0.2, 0) is 14.3 Å². The zero-order valence-corrected chi connectivity index (χ0v) is 11.5. The number of carbonyl (C=O) groups is 2. The molecule has 1 aromatic carbocycles.